The van der Waals surface area contributed by atoms with Gasteiger partial charge in [0.25, 0.3) is 0 Å². The fourth-order valence-electron chi connectivity index (χ4n) is 5.34. The van der Waals surface area contributed by atoms with Crippen molar-refractivity contribution in [2.45, 2.75) is 51.7 Å². The molecule has 168 valence electrons. The molecule has 3 aliphatic heterocycles. The van der Waals surface area contributed by atoms with Gasteiger partial charge in [-0.05, 0) is 75.4 Å². The summed E-state index contributed by atoms with van der Waals surface area (Å²) >= 11 is 0. The van der Waals surface area contributed by atoms with Crippen LogP contribution >= 0.6 is 0 Å². The van der Waals surface area contributed by atoms with Crippen LogP contribution in [0.5, 0.6) is 5.75 Å². The zero-order valence-electron chi connectivity index (χ0n) is 19.2. The molecule has 2 aromatic rings. The van der Waals surface area contributed by atoms with Gasteiger partial charge < -0.3 is 9.64 Å². The summed E-state index contributed by atoms with van der Waals surface area (Å²) in [5.41, 5.74) is 3.53. The standard InChI is InChI=1S/C27H33N3O2/c1-26(2)9-6-22-4-3-5-23(25(22)32-26)19-29-15-10-27(11-16-29)12-17-30(20-27)24(31)18-21-7-13-28-14-8-21/h3-9,13-14H,10-12,15-20H2,1-2H3. The molecule has 0 bridgehead atoms. The van der Waals surface area contributed by atoms with E-state index in [0.29, 0.717) is 11.8 Å². The van der Waals surface area contributed by atoms with Crippen LogP contribution in [0.3, 0.4) is 0 Å². The van der Waals surface area contributed by atoms with E-state index in [9.17, 15) is 4.79 Å². The lowest BCUT2D eigenvalue weighted by Crippen LogP contribution is -2.42. The Kier molecular flexibility index (Phi) is 5.54. The van der Waals surface area contributed by atoms with Crippen LogP contribution < -0.4 is 4.74 Å². The molecule has 0 N–H and O–H groups in total. The first-order chi connectivity index (χ1) is 15.4. The van der Waals surface area contributed by atoms with E-state index in [0.717, 1.165) is 63.3 Å². The SMILES string of the molecule is CC1(C)C=Cc2cccc(CN3CCC4(CC3)CCN(C(=O)Cc3ccncc3)C4)c2O1. The second-order valence-corrected chi connectivity index (χ2v) is 10.2. The van der Waals surface area contributed by atoms with Crippen molar-refractivity contribution in [3.05, 3.63) is 65.5 Å². The van der Waals surface area contributed by atoms with Gasteiger partial charge in [-0.2, -0.15) is 0 Å². The summed E-state index contributed by atoms with van der Waals surface area (Å²) < 4.78 is 6.31. The molecule has 1 aromatic heterocycles. The predicted molar refractivity (Wildman–Crippen MR) is 126 cm³/mol. The molecule has 4 heterocycles. The van der Waals surface area contributed by atoms with Crippen LogP contribution in [0.25, 0.3) is 6.08 Å². The lowest BCUT2D eigenvalue weighted by Gasteiger charge is -2.39. The average Bonchev–Trinajstić information content (AvgIpc) is 3.20. The van der Waals surface area contributed by atoms with Gasteiger partial charge in [-0.3, -0.25) is 14.7 Å². The van der Waals surface area contributed by atoms with Gasteiger partial charge in [0.05, 0.1) is 6.42 Å². The molecule has 5 nitrogen and oxygen atoms in total. The van der Waals surface area contributed by atoms with Gasteiger partial charge in [0.1, 0.15) is 11.4 Å². The van der Waals surface area contributed by atoms with Gasteiger partial charge in [-0.1, -0.05) is 24.3 Å². The zero-order chi connectivity index (χ0) is 22.2. The number of likely N-dealkylation sites (tertiary alicyclic amines) is 2. The number of benzene rings is 1. The molecule has 0 aliphatic carbocycles. The molecule has 2 saturated heterocycles. The topological polar surface area (TPSA) is 45.7 Å². The highest BCUT2D eigenvalue weighted by molar-refractivity contribution is 5.79. The molecule has 0 radical (unpaired) electrons. The molecule has 3 aliphatic rings. The molecule has 0 atom stereocenters. The monoisotopic (exact) mass is 431 g/mol. The van der Waals surface area contributed by atoms with Crippen molar-refractivity contribution in [2.75, 3.05) is 26.2 Å². The number of piperidine rings is 1. The Balaban J connectivity index is 1.18. The Bertz CT molecular complexity index is 1010. The van der Waals surface area contributed by atoms with Crippen LogP contribution in [0.1, 0.15) is 49.8 Å². The molecule has 2 fully saturated rings. The first-order valence-corrected chi connectivity index (χ1v) is 11.8. The van der Waals surface area contributed by atoms with Crippen molar-refractivity contribution in [2.24, 2.45) is 5.41 Å². The number of amides is 1. The van der Waals surface area contributed by atoms with Crippen LogP contribution in [0, 0.1) is 5.41 Å². The van der Waals surface area contributed by atoms with Crippen molar-refractivity contribution in [3.63, 3.8) is 0 Å². The van der Waals surface area contributed by atoms with Gasteiger partial charge in [-0.25, -0.2) is 0 Å². The van der Waals surface area contributed by atoms with Crippen LogP contribution in [0.4, 0.5) is 0 Å². The Morgan fingerprint density at radius 2 is 1.81 bits per heavy atom. The number of ether oxygens (including phenoxy) is 1. The second kappa shape index (κ2) is 8.36. The summed E-state index contributed by atoms with van der Waals surface area (Å²) in [6, 6.07) is 10.3. The Labute approximate surface area is 191 Å². The van der Waals surface area contributed by atoms with Gasteiger partial charge in [0, 0.05) is 43.2 Å². The maximum absolute atomic E-state index is 12.8. The molecule has 1 aromatic carbocycles. The third kappa shape index (κ3) is 4.44. The van der Waals surface area contributed by atoms with Crippen LogP contribution in [0.15, 0.2) is 48.8 Å². The molecule has 0 unspecified atom stereocenters. The van der Waals surface area contributed by atoms with Crippen molar-refractivity contribution < 1.29 is 9.53 Å². The van der Waals surface area contributed by atoms with Crippen molar-refractivity contribution in [1.82, 2.24) is 14.8 Å². The number of pyridine rings is 1. The average molecular weight is 432 g/mol. The van der Waals surface area contributed by atoms with Crippen molar-refractivity contribution in [1.29, 1.82) is 0 Å². The Morgan fingerprint density at radius 3 is 2.59 bits per heavy atom. The molecule has 32 heavy (non-hydrogen) atoms. The molecule has 1 amide bonds. The smallest absolute Gasteiger partial charge is 0.227 e. The fourth-order valence-corrected chi connectivity index (χ4v) is 5.34. The van der Waals surface area contributed by atoms with Gasteiger partial charge in [0.15, 0.2) is 0 Å². The third-order valence-corrected chi connectivity index (χ3v) is 7.36. The normalized spacial score (nSPS) is 21.4. The number of nitrogens with zero attached hydrogens (tertiary/aromatic N) is 3. The summed E-state index contributed by atoms with van der Waals surface area (Å²) in [4.78, 5) is 21.5. The highest BCUT2D eigenvalue weighted by Crippen LogP contribution is 2.41. The predicted octanol–water partition coefficient (Wildman–Crippen LogP) is 4.32. The van der Waals surface area contributed by atoms with Gasteiger partial charge >= 0.3 is 0 Å². The quantitative estimate of drug-likeness (QED) is 0.723. The van der Waals surface area contributed by atoms with E-state index in [1.54, 1.807) is 12.4 Å². The first kappa shape index (κ1) is 21.2. The summed E-state index contributed by atoms with van der Waals surface area (Å²) in [5, 5.41) is 0. The Morgan fingerprint density at radius 1 is 1.06 bits per heavy atom. The number of hydrogen-bond acceptors (Lipinski definition) is 4. The van der Waals surface area contributed by atoms with Crippen molar-refractivity contribution in [3.8, 4) is 5.75 Å². The third-order valence-electron chi connectivity index (χ3n) is 7.36. The van der Waals surface area contributed by atoms with E-state index in [1.165, 1.54) is 11.1 Å². The molecule has 0 saturated carbocycles. The summed E-state index contributed by atoms with van der Waals surface area (Å²) in [6.07, 6.45) is 11.8. The van der Waals surface area contributed by atoms with E-state index in [2.05, 4.69) is 59.0 Å². The molecule has 1 spiro atoms. The number of para-hydroxylation sites is 1. The molecular weight excluding hydrogens is 398 g/mol. The van der Waals surface area contributed by atoms with E-state index in [4.69, 9.17) is 4.74 Å². The highest BCUT2D eigenvalue weighted by atomic mass is 16.5. The summed E-state index contributed by atoms with van der Waals surface area (Å²) in [5.74, 6) is 1.29. The van der Waals surface area contributed by atoms with Crippen LogP contribution in [0.2, 0.25) is 0 Å². The highest BCUT2D eigenvalue weighted by Gasteiger charge is 2.42. The minimum absolute atomic E-state index is 0.249. The van der Waals surface area contributed by atoms with E-state index >= 15 is 0 Å². The summed E-state index contributed by atoms with van der Waals surface area (Å²) in [6.45, 7) is 9.10. The maximum atomic E-state index is 12.8. The number of hydrogen-bond donors (Lipinski definition) is 0. The minimum Gasteiger partial charge on any atom is -0.483 e. The van der Waals surface area contributed by atoms with E-state index in [-0.39, 0.29) is 11.5 Å². The van der Waals surface area contributed by atoms with E-state index < -0.39 is 0 Å². The number of aromatic nitrogens is 1. The number of fused-ring (bicyclic) bond motifs is 1. The number of rotatable bonds is 4. The van der Waals surface area contributed by atoms with E-state index in [1.807, 2.05) is 12.1 Å². The first-order valence-electron chi connectivity index (χ1n) is 11.8. The molecule has 5 rings (SSSR count). The second-order valence-electron chi connectivity index (χ2n) is 10.2. The van der Waals surface area contributed by atoms with Gasteiger partial charge in [0.2, 0.25) is 5.91 Å². The van der Waals surface area contributed by atoms with Crippen LogP contribution in [-0.4, -0.2) is 52.5 Å². The maximum Gasteiger partial charge on any atom is 0.227 e. The van der Waals surface area contributed by atoms with Gasteiger partial charge in [-0.15, -0.1) is 0 Å². The number of carbonyl (C=O) groups excluding carboxylic acids is 1. The fraction of sp³-hybridized carbons (Fsp3) is 0.481. The molecular formula is C27H33N3O2. The minimum atomic E-state index is -0.259. The summed E-state index contributed by atoms with van der Waals surface area (Å²) in [7, 11) is 0. The molecule has 5 heteroatoms. The number of carbonyl (C=O) groups is 1. The van der Waals surface area contributed by atoms with Crippen LogP contribution in [-0.2, 0) is 17.8 Å². The largest absolute Gasteiger partial charge is 0.483 e. The van der Waals surface area contributed by atoms with Crippen molar-refractivity contribution >= 4 is 12.0 Å². The zero-order valence-corrected chi connectivity index (χ0v) is 19.2. The lowest BCUT2D eigenvalue weighted by molar-refractivity contribution is -0.130. The lowest BCUT2D eigenvalue weighted by atomic mass is 9.77. The Hall–Kier alpha value is -2.66.